The molecule has 6 nitrogen and oxygen atoms in total. The van der Waals surface area contributed by atoms with E-state index in [1.165, 1.54) is 0 Å². The highest BCUT2D eigenvalue weighted by molar-refractivity contribution is 7.99. The number of amidine groups is 1. The SMILES string of the molecule is CC(C)[C@@H](N)C(=O)N1CCN(C2=Nc3ccc(O)cc3Sc3ccccc32)CC1. The van der Waals surface area contributed by atoms with Crippen molar-refractivity contribution in [3.05, 3.63) is 48.0 Å². The minimum Gasteiger partial charge on any atom is -0.508 e. The average molecular weight is 411 g/mol. The van der Waals surface area contributed by atoms with Crippen LogP contribution in [0.5, 0.6) is 5.75 Å². The molecule has 1 atom stereocenters. The molecule has 0 aliphatic carbocycles. The number of hydrogen-bond donors (Lipinski definition) is 2. The number of amides is 1. The molecule has 7 heteroatoms. The van der Waals surface area contributed by atoms with E-state index in [0.717, 1.165) is 26.9 Å². The summed E-state index contributed by atoms with van der Waals surface area (Å²) < 4.78 is 0. The van der Waals surface area contributed by atoms with Gasteiger partial charge in [-0.05, 0) is 30.2 Å². The van der Waals surface area contributed by atoms with Gasteiger partial charge in [-0.1, -0.05) is 43.8 Å². The van der Waals surface area contributed by atoms with Gasteiger partial charge in [0.15, 0.2) is 0 Å². The molecule has 2 aliphatic rings. The molecule has 1 saturated heterocycles. The molecule has 2 heterocycles. The number of aromatic hydroxyl groups is 1. The number of nitrogens with zero attached hydrogens (tertiary/aromatic N) is 3. The van der Waals surface area contributed by atoms with Crippen molar-refractivity contribution in [3.63, 3.8) is 0 Å². The van der Waals surface area contributed by atoms with Gasteiger partial charge >= 0.3 is 0 Å². The highest BCUT2D eigenvalue weighted by atomic mass is 32.2. The zero-order valence-corrected chi connectivity index (χ0v) is 17.5. The summed E-state index contributed by atoms with van der Waals surface area (Å²) >= 11 is 1.62. The summed E-state index contributed by atoms with van der Waals surface area (Å²) in [5, 5.41) is 9.89. The summed E-state index contributed by atoms with van der Waals surface area (Å²) in [7, 11) is 0. The van der Waals surface area contributed by atoms with E-state index in [1.54, 1.807) is 23.9 Å². The summed E-state index contributed by atoms with van der Waals surface area (Å²) in [6, 6.07) is 13.0. The number of carbonyl (C=O) groups excluding carboxylic acids is 1. The van der Waals surface area contributed by atoms with Gasteiger partial charge in [-0.2, -0.15) is 0 Å². The normalized spacial score (nSPS) is 17.3. The summed E-state index contributed by atoms with van der Waals surface area (Å²) in [5.74, 6) is 1.31. The van der Waals surface area contributed by atoms with Crippen molar-refractivity contribution in [1.82, 2.24) is 9.80 Å². The fraction of sp³-hybridized carbons (Fsp3) is 0.364. The van der Waals surface area contributed by atoms with Gasteiger partial charge in [0.25, 0.3) is 0 Å². The van der Waals surface area contributed by atoms with Crippen molar-refractivity contribution in [3.8, 4) is 5.75 Å². The van der Waals surface area contributed by atoms with Crippen LogP contribution in [0.4, 0.5) is 5.69 Å². The predicted octanol–water partition coefficient (Wildman–Crippen LogP) is 3.06. The first-order chi connectivity index (χ1) is 13.9. The summed E-state index contributed by atoms with van der Waals surface area (Å²) in [6.07, 6.45) is 0. The zero-order chi connectivity index (χ0) is 20.5. The molecule has 152 valence electrons. The second kappa shape index (κ2) is 8.08. The molecule has 1 fully saturated rings. The Kier molecular flexibility index (Phi) is 5.52. The Labute approximate surface area is 175 Å². The number of fused-ring (bicyclic) bond motifs is 2. The van der Waals surface area contributed by atoms with Crippen LogP contribution in [0.1, 0.15) is 19.4 Å². The topological polar surface area (TPSA) is 82.2 Å². The van der Waals surface area contributed by atoms with Crippen LogP contribution in [0.3, 0.4) is 0 Å². The summed E-state index contributed by atoms with van der Waals surface area (Å²) in [5.41, 5.74) is 7.99. The maximum absolute atomic E-state index is 12.6. The fourth-order valence-corrected chi connectivity index (χ4v) is 4.64. The molecule has 0 aromatic heterocycles. The van der Waals surface area contributed by atoms with Crippen LogP contribution in [-0.4, -0.2) is 58.9 Å². The molecule has 0 spiro atoms. The van der Waals surface area contributed by atoms with Crippen LogP contribution in [0.15, 0.2) is 57.2 Å². The van der Waals surface area contributed by atoms with E-state index in [9.17, 15) is 9.90 Å². The number of nitrogens with two attached hydrogens (primary N) is 1. The minimum absolute atomic E-state index is 0.0271. The number of hydrogen-bond acceptors (Lipinski definition) is 6. The minimum atomic E-state index is -0.451. The van der Waals surface area contributed by atoms with Crippen LogP contribution in [0.25, 0.3) is 0 Å². The number of carbonyl (C=O) groups is 1. The lowest BCUT2D eigenvalue weighted by atomic mass is 10.0. The van der Waals surface area contributed by atoms with Crippen LogP contribution in [-0.2, 0) is 4.79 Å². The van der Waals surface area contributed by atoms with E-state index in [2.05, 4.69) is 17.0 Å². The fourth-order valence-electron chi connectivity index (χ4n) is 3.59. The van der Waals surface area contributed by atoms with Crippen LogP contribution in [0.2, 0.25) is 0 Å². The van der Waals surface area contributed by atoms with Gasteiger partial charge in [-0.3, -0.25) is 4.79 Å². The highest BCUT2D eigenvalue weighted by Crippen LogP contribution is 2.42. The highest BCUT2D eigenvalue weighted by Gasteiger charge is 2.29. The third-order valence-electron chi connectivity index (χ3n) is 5.41. The largest absolute Gasteiger partial charge is 0.508 e. The molecule has 0 saturated carbocycles. The maximum Gasteiger partial charge on any atom is 0.239 e. The Morgan fingerprint density at radius 3 is 2.55 bits per heavy atom. The molecule has 0 unspecified atom stereocenters. The Morgan fingerprint density at radius 2 is 1.83 bits per heavy atom. The van der Waals surface area contributed by atoms with Gasteiger partial charge in [0, 0.05) is 41.5 Å². The molecule has 2 aromatic rings. The second-order valence-corrected chi connectivity index (χ2v) is 8.85. The van der Waals surface area contributed by atoms with Crippen molar-refractivity contribution in [1.29, 1.82) is 0 Å². The van der Waals surface area contributed by atoms with E-state index in [0.29, 0.717) is 26.2 Å². The lowest BCUT2D eigenvalue weighted by molar-refractivity contribution is -0.134. The summed E-state index contributed by atoms with van der Waals surface area (Å²) in [4.78, 5) is 23.7. The Balaban J connectivity index is 1.61. The van der Waals surface area contributed by atoms with E-state index >= 15 is 0 Å². The molecule has 29 heavy (non-hydrogen) atoms. The number of piperazine rings is 1. The van der Waals surface area contributed by atoms with Gasteiger partial charge in [0.1, 0.15) is 11.6 Å². The van der Waals surface area contributed by atoms with Crippen molar-refractivity contribution in [2.24, 2.45) is 16.6 Å². The molecule has 0 radical (unpaired) electrons. The molecular weight excluding hydrogens is 384 g/mol. The third kappa shape index (κ3) is 3.97. The van der Waals surface area contributed by atoms with Crippen LogP contribution in [0, 0.1) is 5.92 Å². The van der Waals surface area contributed by atoms with E-state index < -0.39 is 6.04 Å². The molecule has 1 amide bonds. The molecule has 2 aromatic carbocycles. The standard InChI is InChI=1S/C22H26N4O2S/c1-14(2)20(23)22(28)26-11-9-25(10-12-26)21-16-5-3-4-6-18(16)29-19-13-15(27)7-8-17(19)24-21/h3-8,13-14,20,27H,9-12,23H2,1-2H3/t20-/m1/s1. The van der Waals surface area contributed by atoms with Crippen molar-refractivity contribution in [2.45, 2.75) is 29.7 Å². The van der Waals surface area contributed by atoms with Gasteiger partial charge < -0.3 is 20.6 Å². The Bertz CT molecular complexity index is 952. The number of phenolic OH excluding ortho intramolecular Hbond substituents is 1. The van der Waals surface area contributed by atoms with Crippen molar-refractivity contribution >= 4 is 29.2 Å². The number of phenols is 1. The first-order valence-corrected chi connectivity index (χ1v) is 10.7. The van der Waals surface area contributed by atoms with Gasteiger partial charge in [-0.25, -0.2) is 4.99 Å². The number of rotatable bonds is 2. The second-order valence-electron chi connectivity index (χ2n) is 7.77. The predicted molar refractivity (Wildman–Crippen MR) is 116 cm³/mol. The Morgan fingerprint density at radius 1 is 1.10 bits per heavy atom. The zero-order valence-electron chi connectivity index (χ0n) is 16.7. The molecular formula is C22H26N4O2S. The van der Waals surface area contributed by atoms with Gasteiger partial charge in [0.05, 0.1) is 11.7 Å². The van der Waals surface area contributed by atoms with Crippen molar-refractivity contribution in [2.75, 3.05) is 26.2 Å². The quantitative estimate of drug-likeness (QED) is 0.795. The van der Waals surface area contributed by atoms with Crippen LogP contribution >= 0.6 is 11.8 Å². The van der Waals surface area contributed by atoms with Crippen molar-refractivity contribution < 1.29 is 9.90 Å². The first-order valence-electron chi connectivity index (χ1n) is 9.92. The van der Waals surface area contributed by atoms with Gasteiger partial charge in [0.2, 0.25) is 5.91 Å². The number of aliphatic imine (C=N–C) groups is 1. The molecule has 0 bridgehead atoms. The molecule has 3 N–H and O–H groups in total. The number of benzene rings is 2. The summed E-state index contributed by atoms with van der Waals surface area (Å²) in [6.45, 7) is 6.64. The third-order valence-corrected chi connectivity index (χ3v) is 6.53. The smallest absolute Gasteiger partial charge is 0.239 e. The Hall–Kier alpha value is -2.51. The van der Waals surface area contributed by atoms with E-state index in [1.807, 2.05) is 36.9 Å². The lowest BCUT2D eigenvalue weighted by Gasteiger charge is -2.38. The first kappa shape index (κ1) is 19.8. The maximum atomic E-state index is 12.6. The van der Waals surface area contributed by atoms with E-state index in [4.69, 9.17) is 10.7 Å². The average Bonchev–Trinajstić information content (AvgIpc) is 2.89. The molecule has 2 aliphatic heterocycles. The van der Waals surface area contributed by atoms with Crippen LogP contribution < -0.4 is 5.73 Å². The molecule has 4 rings (SSSR count). The van der Waals surface area contributed by atoms with E-state index in [-0.39, 0.29) is 17.6 Å². The lowest BCUT2D eigenvalue weighted by Crippen LogP contribution is -2.55. The monoisotopic (exact) mass is 410 g/mol. The van der Waals surface area contributed by atoms with Gasteiger partial charge in [-0.15, -0.1) is 0 Å².